The number of aromatic nitrogens is 4. The highest BCUT2D eigenvalue weighted by Gasteiger charge is 2.22. The number of hydrogen-bond donors (Lipinski definition) is 3. The molecule has 3 N–H and O–H groups in total. The van der Waals surface area contributed by atoms with Gasteiger partial charge in [-0.3, -0.25) is 4.57 Å². The number of rotatable bonds is 6. The summed E-state index contributed by atoms with van der Waals surface area (Å²) in [5, 5.41) is 21.0. The van der Waals surface area contributed by atoms with Crippen LogP contribution in [-0.4, -0.2) is 63.1 Å². The van der Waals surface area contributed by atoms with Crippen LogP contribution >= 0.6 is 11.3 Å². The summed E-state index contributed by atoms with van der Waals surface area (Å²) >= 11 is 1.64. The predicted octanol–water partition coefficient (Wildman–Crippen LogP) is 4.17. The fourth-order valence-electron chi connectivity index (χ4n) is 4.75. The summed E-state index contributed by atoms with van der Waals surface area (Å²) in [5.74, 6) is 1.24. The highest BCUT2D eigenvalue weighted by Crippen LogP contribution is 2.29. The Morgan fingerprint density at radius 1 is 0.971 bits per heavy atom. The van der Waals surface area contributed by atoms with E-state index in [9.17, 15) is 5.11 Å². The van der Waals surface area contributed by atoms with Gasteiger partial charge in [0.05, 0.1) is 25.0 Å². The van der Waals surface area contributed by atoms with Crippen molar-refractivity contribution < 1.29 is 9.84 Å². The zero-order valence-corrected chi connectivity index (χ0v) is 20.2. The second-order valence-corrected chi connectivity index (χ2v) is 9.87. The number of imidazole rings is 1. The minimum atomic E-state index is -0.200. The molecule has 4 heterocycles. The highest BCUT2D eigenvalue weighted by molar-refractivity contribution is 7.08. The van der Waals surface area contributed by atoms with E-state index in [-0.39, 0.29) is 12.1 Å². The monoisotopic (exact) mass is 491 g/mol. The van der Waals surface area contributed by atoms with Crippen LogP contribution < -0.4 is 15.5 Å². The SMILES string of the molecule is OC1CCC(Nc2nc(Nc3ccc(N4CCOCC4)cc3)c3ncn(-c4ccsc4)c3n2)CC1. The molecular weight excluding hydrogens is 462 g/mol. The number of thiophene rings is 1. The maximum Gasteiger partial charge on any atom is 0.227 e. The summed E-state index contributed by atoms with van der Waals surface area (Å²) < 4.78 is 7.47. The van der Waals surface area contributed by atoms with Gasteiger partial charge >= 0.3 is 0 Å². The van der Waals surface area contributed by atoms with Gasteiger partial charge in [0.15, 0.2) is 17.0 Å². The molecule has 0 bridgehead atoms. The molecule has 0 unspecified atom stereocenters. The molecule has 2 aliphatic rings. The van der Waals surface area contributed by atoms with Crippen molar-refractivity contribution in [3.05, 3.63) is 47.4 Å². The molecule has 3 aromatic heterocycles. The van der Waals surface area contributed by atoms with Crippen molar-refractivity contribution in [1.29, 1.82) is 0 Å². The van der Waals surface area contributed by atoms with Gasteiger partial charge in [0.1, 0.15) is 6.33 Å². The summed E-state index contributed by atoms with van der Waals surface area (Å²) in [7, 11) is 0. The molecule has 9 nitrogen and oxygen atoms in total. The molecule has 4 aromatic rings. The van der Waals surface area contributed by atoms with Gasteiger partial charge in [-0.2, -0.15) is 21.3 Å². The maximum absolute atomic E-state index is 9.87. The first kappa shape index (κ1) is 22.3. The van der Waals surface area contributed by atoms with Crippen LogP contribution in [0.5, 0.6) is 0 Å². The van der Waals surface area contributed by atoms with Crippen LogP contribution in [-0.2, 0) is 4.74 Å². The van der Waals surface area contributed by atoms with E-state index in [4.69, 9.17) is 14.7 Å². The summed E-state index contributed by atoms with van der Waals surface area (Å²) in [5.41, 5.74) is 4.64. The van der Waals surface area contributed by atoms with Gasteiger partial charge in [-0.25, -0.2) is 4.98 Å². The Kier molecular flexibility index (Phi) is 6.24. The Bertz CT molecular complexity index is 1260. The van der Waals surface area contributed by atoms with Gasteiger partial charge in [-0.1, -0.05) is 0 Å². The molecule has 0 spiro atoms. The van der Waals surface area contributed by atoms with Crippen LogP contribution in [0, 0.1) is 0 Å². The van der Waals surface area contributed by atoms with Crippen LogP contribution in [0.4, 0.5) is 23.1 Å². The third kappa shape index (κ3) is 4.82. The molecule has 0 amide bonds. The summed E-state index contributed by atoms with van der Waals surface area (Å²) in [6, 6.07) is 10.7. The van der Waals surface area contributed by atoms with E-state index >= 15 is 0 Å². The van der Waals surface area contributed by atoms with Crippen molar-refractivity contribution in [2.45, 2.75) is 37.8 Å². The summed E-state index contributed by atoms with van der Waals surface area (Å²) in [4.78, 5) is 16.7. The fourth-order valence-corrected chi connectivity index (χ4v) is 5.38. The zero-order valence-electron chi connectivity index (χ0n) is 19.4. The van der Waals surface area contributed by atoms with Crippen molar-refractivity contribution in [3.8, 4) is 5.69 Å². The number of aliphatic hydroxyl groups excluding tert-OH is 1. The molecule has 2 fully saturated rings. The number of aliphatic hydroxyl groups is 1. The van der Waals surface area contributed by atoms with E-state index in [1.165, 1.54) is 5.69 Å². The van der Waals surface area contributed by atoms with Crippen molar-refractivity contribution in [3.63, 3.8) is 0 Å². The number of nitrogens with zero attached hydrogens (tertiary/aromatic N) is 5. The van der Waals surface area contributed by atoms with E-state index in [2.05, 4.69) is 56.2 Å². The van der Waals surface area contributed by atoms with Crippen LogP contribution in [0.2, 0.25) is 0 Å². The van der Waals surface area contributed by atoms with Crippen LogP contribution in [0.25, 0.3) is 16.9 Å². The lowest BCUT2D eigenvalue weighted by molar-refractivity contribution is 0.122. The first-order valence-electron chi connectivity index (χ1n) is 12.1. The number of hydrogen-bond acceptors (Lipinski definition) is 9. The number of nitrogens with one attached hydrogen (secondary N) is 2. The molecule has 10 heteroatoms. The number of ether oxygens (including phenoxy) is 1. The van der Waals surface area contributed by atoms with E-state index in [0.29, 0.717) is 11.8 Å². The Balaban J connectivity index is 1.31. The topological polar surface area (TPSA) is 100 Å². The standard InChI is InChI=1S/C25H29N7O2S/c33-21-7-3-18(4-8-21)28-25-29-23(22-24(30-25)32(16-26-22)20-9-14-35-15-20)27-17-1-5-19(6-2-17)31-10-12-34-13-11-31/h1-2,5-6,9,14-16,18,21,33H,3-4,7-8,10-13H2,(H2,27,28,29,30). The molecule has 1 aromatic carbocycles. The molecule has 35 heavy (non-hydrogen) atoms. The number of benzene rings is 1. The van der Waals surface area contributed by atoms with E-state index in [1.54, 1.807) is 17.7 Å². The molecular formula is C25H29N7O2S. The number of anilines is 4. The molecule has 1 saturated carbocycles. The van der Waals surface area contributed by atoms with E-state index in [0.717, 1.165) is 74.5 Å². The van der Waals surface area contributed by atoms with Crippen molar-refractivity contribution in [2.75, 3.05) is 41.8 Å². The Morgan fingerprint density at radius 2 is 1.77 bits per heavy atom. The normalized spacial score (nSPS) is 20.8. The maximum atomic E-state index is 9.87. The Morgan fingerprint density at radius 3 is 2.51 bits per heavy atom. The smallest absolute Gasteiger partial charge is 0.227 e. The summed E-state index contributed by atoms with van der Waals surface area (Å²) in [6.45, 7) is 3.35. The van der Waals surface area contributed by atoms with Gasteiger partial charge < -0.3 is 25.4 Å². The third-order valence-electron chi connectivity index (χ3n) is 6.72. The minimum Gasteiger partial charge on any atom is -0.393 e. The third-order valence-corrected chi connectivity index (χ3v) is 7.39. The molecule has 1 saturated heterocycles. The lowest BCUT2D eigenvalue weighted by Gasteiger charge is -2.29. The molecule has 1 aliphatic carbocycles. The van der Waals surface area contributed by atoms with Crippen LogP contribution in [0.1, 0.15) is 25.7 Å². The fraction of sp³-hybridized carbons (Fsp3) is 0.400. The van der Waals surface area contributed by atoms with Gasteiger partial charge in [0.25, 0.3) is 0 Å². The molecule has 1 aliphatic heterocycles. The first-order valence-corrected chi connectivity index (χ1v) is 13.1. The predicted molar refractivity (Wildman–Crippen MR) is 139 cm³/mol. The second-order valence-electron chi connectivity index (χ2n) is 9.09. The molecule has 182 valence electrons. The van der Waals surface area contributed by atoms with E-state index in [1.807, 2.05) is 9.95 Å². The lowest BCUT2D eigenvalue weighted by Crippen LogP contribution is -2.36. The Labute approximate surface area is 207 Å². The van der Waals surface area contributed by atoms with Crippen molar-refractivity contribution in [1.82, 2.24) is 19.5 Å². The Hall–Kier alpha value is -3.21. The number of fused-ring (bicyclic) bond motifs is 1. The average molecular weight is 492 g/mol. The first-order chi connectivity index (χ1) is 17.2. The van der Waals surface area contributed by atoms with Crippen molar-refractivity contribution >= 4 is 45.6 Å². The van der Waals surface area contributed by atoms with Gasteiger partial charge in [0, 0.05) is 35.9 Å². The second kappa shape index (κ2) is 9.80. The molecule has 0 atom stereocenters. The highest BCUT2D eigenvalue weighted by atomic mass is 32.1. The number of morpholine rings is 1. The quantitative estimate of drug-likeness (QED) is 0.370. The largest absolute Gasteiger partial charge is 0.393 e. The van der Waals surface area contributed by atoms with E-state index < -0.39 is 0 Å². The minimum absolute atomic E-state index is 0.200. The zero-order chi connectivity index (χ0) is 23.6. The van der Waals surface area contributed by atoms with Crippen molar-refractivity contribution in [2.24, 2.45) is 0 Å². The van der Waals surface area contributed by atoms with Gasteiger partial charge in [0.2, 0.25) is 5.95 Å². The van der Waals surface area contributed by atoms with Gasteiger partial charge in [-0.15, -0.1) is 0 Å². The van der Waals surface area contributed by atoms with Crippen LogP contribution in [0.15, 0.2) is 47.4 Å². The summed E-state index contributed by atoms with van der Waals surface area (Å²) in [6.07, 6.45) is 5.00. The van der Waals surface area contributed by atoms with Crippen LogP contribution in [0.3, 0.4) is 0 Å². The average Bonchev–Trinajstić information content (AvgIpc) is 3.57. The molecule has 6 rings (SSSR count). The molecule has 0 radical (unpaired) electrons. The van der Waals surface area contributed by atoms with Gasteiger partial charge in [-0.05, 0) is 61.4 Å². The lowest BCUT2D eigenvalue weighted by atomic mass is 9.93.